The molecule has 0 aliphatic heterocycles. The van der Waals surface area contributed by atoms with Crippen LogP contribution in [0.5, 0.6) is 0 Å². The Bertz CT molecular complexity index is 766. The van der Waals surface area contributed by atoms with Crippen molar-refractivity contribution in [3.8, 4) is 10.6 Å². The highest BCUT2D eigenvalue weighted by atomic mass is 79.9. The third-order valence-corrected chi connectivity index (χ3v) is 4.36. The molecule has 1 heterocycles. The number of nitrogens with zero attached hydrogens (tertiary/aromatic N) is 3. The lowest BCUT2D eigenvalue weighted by Crippen LogP contribution is -1.78. The van der Waals surface area contributed by atoms with Gasteiger partial charge in [0, 0.05) is 21.3 Å². The van der Waals surface area contributed by atoms with Gasteiger partial charge in [-0.15, -0.1) is 10.2 Å². The Kier molecular flexibility index (Phi) is 4.43. The first-order valence-corrected chi connectivity index (χ1v) is 8.08. The Morgan fingerprint density at radius 1 is 1.00 bits per heavy atom. The summed E-state index contributed by atoms with van der Waals surface area (Å²) in [6.45, 7) is 0. The number of hydrogen-bond donors (Lipinski definition) is 0. The van der Waals surface area contributed by atoms with Crippen LogP contribution in [-0.4, -0.2) is 16.4 Å². The van der Waals surface area contributed by atoms with E-state index in [-0.39, 0.29) is 0 Å². The summed E-state index contributed by atoms with van der Waals surface area (Å²) in [6, 6.07) is 15.4. The zero-order valence-electron chi connectivity index (χ0n) is 10.7. The fraction of sp³-hybridized carbons (Fsp3) is 0. The van der Waals surface area contributed by atoms with Crippen molar-refractivity contribution in [2.45, 2.75) is 0 Å². The molecule has 0 aliphatic carbocycles. The van der Waals surface area contributed by atoms with Crippen molar-refractivity contribution in [1.82, 2.24) is 10.2 Å². The Labute approximate surface area is 139 Å². The summed E-state index contributed by atoms with van der Waals surface area (Å²) in [7, 11) is 0. The highest BCUT2D eigenvalue weighted by Gasteiger charge is 2.05. The van der Waals surface area contributed by atoms with Gasteiger partial charge in [-0.05, 0) is 29.8 Å². The first-order chi connectivity index (χ1) is 10.2. The lowest BCUT2D eigenvalue weighted by Gasteiger charge is -1.93. The number of aliphatic imine (C=N–C) groups is 1. The van der Waals surface area contributed by atoms with Gasteiger partial charge in [0.05, 0.1) is 0 Å². The van der Waals surface area contributed by atoms with Crippen LogP contribution in [0.1, 0.15) is 5.56 Å². The zero-order valence-corrected chi connectivity index (χ0v) is 13.9. The number of rotatable bonds is 3. The van der Waals surface area contributed by atoms with E-state index in [1.807, 2.05) is 48.5 Å². The molecule has 0 fully saturated rings. The average molecular weight is 379 g/mol. The summed E-state index contributed by atoms with van der Waals surface area (Å²) in [6.07, 6.45) is 1.78. The minimum absolute atomic E-state index is 0.628. The molecule has 3 nitrogen and oxygen atoms in total. The predicted molar refractivity (Wildman–Crippen MR) is 91.8 cm³/mol. The van der Waals surface area contributed by atoms with Crippen LogP contribution in [0.2, 0.25) is 5.02 Å². The molecule has 3 aromatic rings. The molecular weight excluding hydrogens is 370 g/mol. The molecule has 0 saturated carbocycles. The normalized spacial score (nSPS) is 11.1. The fourth-order valence-electron chi connectivity index (χ4n) is 1.66. The van der Waals surface area contributed by atoms with Crippen molar-refractivity contribution in [1.29, 1.82) is 0 Å². The van der Waals surface area contributed by atoms with E-state index in [2.05, 4.69) is 31.1 Å². The average Bonchev–Trinajstić information content (AvgIpc) is 2.96. The number of benzene rings is 2. The van der Waals surface area contributed by atoms with Crippen molar-refractivity contribution in [2.24, 2.45) is 4.99 Å². The molecule has 0 spiro atoms. The standard InChI is InChI=1S/C15H9BrClN3S/c16-12-5-1-10(2-6-12)9-18-15-20-19-14(21-15)11-3-7-13(17)8-4-11/h1-9H/b18-9+. The second kappa shape index (κ2) is 6.47. The second-order valence-electron chi connectivity index (χ2n) is 4.21. The third-order valence-electron chi connectivity index (χ3n) is 2.70. The molecular formula is C15H9BrClN3S. The number of halogens is 2. The van der Waals surface area contributed by atoms with Gasteiger partial charge in [0.25, 0.3) is 0 Å². The molecule has 1 aromatic heterocycles. The van der Waals surface area contributed by atoms with Crippen LogP contribution in [-0.2, 0) is 0 Å². The van der Waals surface area contributed by atoms with Crippen LogP contribution in [0.3, 0.4) is 0 Å². The SMILES string of the molecule is Clc1ccc(-c2nnc(/N=C/c3ccc(Br)cc3)s2)cc1. The highest BCUT2D eigenvalue weighted by Crippen LogP contribution is 2.28. The van der Waals surface area contributed by atoms with E-state index in [4.69, 9.17) is 11.6 Å². The van der Waals surface area contributed by atoms with Crippen LogP contribution in [0, 0.1) is 0 Å². The van der Waals surface area contributed by atoms with Gasteiger partial charge >= 0.3 is 0 Å². The van der Waals surface area contributed by atoms with Crippen LogP contribution in [0.4, 0.5) is 5.13 Å². The van der Waals surface area contributed by atoms with Crippen LogP contribution >= 0.6 is 38.9 Å². The molecule has 0 aliphatic rings. The molecule has 0 saturated heterocycles. The van der Waals surface area contributed by atoms with Gasteiger partial charge in [-0.2, -0.15) is 0 Å². The number of aromatic nitrogens is 2. The van der Waals surface area contributed by atoms with Crippen molar-refractivity contribution in [3.05, 3.63) is 63.6 Å². The maximum atomic E-state index is 5.87. The van der Waals surface area contributed by atoms with Crippen LogP contribution < -0.4 is 0 Å². The van der Waals surface area contributed by atoms with Crippen molar-refractivity contribution >= 4 is 50.2 Å². The summed E-state index contributed by atoms with van der Waals surface area (Å²) in [4.78, 5) is 4.35. The van der Waals surface area contributed by atoms with Gasteiger partial charge in [-0.25, -0.2) is 4.99 Å². The monoisotopic (exact) mass is 377 g/mol. The molecule has 3 rings (SSSR count). The van der Waals surface area contributed by atoms with Crippen LogP contribution in [0.15, 0.2) is 58.0 Å². The van der Waals surface area contributed by atoms with Gasteiger partial charge in [-0.1, -0.05) is 63.1 Å². The van der Waals surface area contributed by atoms with Crippen LogP contribution in [0.25, 0.3) is 10.6 Å². The Balaban J connectivity index is 1.78. The molecule has 2 aromatic carbocycles. The Morgan fingerprint density at radius 2 is 1.71 bits per heavy atom. The number of hydrogen-bond acceptors (Lipinski definition) is 4. The Morgan fingerprint density at radius 3 is 2.43 bits per heavy atom. The van der Waals surface area contributed by atoms with Gasteiger partial charge in [-0.3, -0.25) is 0 Å². The van der Waals surface area contributed by atoms with Gasteiger partial charge < -0.3 is 0 Å². The predicted octanol–water partition coefficient (Wildman–Crippen LogP) is 5.37. The lowest BCUT2D eigenvalue weighted by atomic mass is 10.2. The quantitative estimate of drug-likeness (QED) is 0.574. The molecule has 0 N–H and O–H groups in total. The van der Waals surface area contributed by atoms with Gasteiger partial charge in [0.15, 0.2) is 0 Å². The third kappa shape index (κ3) is 3.75. The van der Waals surface area contributed by atoms with E-state index in [0.717, 1.165) is 20.6 Å². The molecule has 21 heavy (non-hydrogen) atoms. The lowest BCUT2D eigenvalue weighted by molar-refractivity contribution is 1.09. The van der Waals surface area contributed by atoms with E-state index < -0.39 is 0 Å². The summed E-state index contributed by atoms with van der Waals surface area (Å²) in [5.74, 6) is 0. The van der Waals surface area contributed by atoms with E-state index in [0.29, 0.717) is 10.2 Å². The van der Waals surface area contributed by atoms with Crippen molar-refractivity contribution < 1.29 is 0 Å². The van der Waals surface area contributed by atoms with Gasteiger partial charge in [0.2, 0.25) is 5.13 Å². The zero-order chi connectivity index (χ0) is 14.7. The molecule has 0 unspecified atom stereocenters. The van der Waals surface area contributed by atoms with E-state index >= 15 is 0 Å². The minimum atomic E-state index is 0.628. The molecule has 0 atom stereocenters. The largest absolute Gasteiger partial charge is 0.231 e. The van der Waals surface area contributed by atoms with E-state index in [9.17, 15) is 0 Å². The summed E-state index contributed by atoms with van der Waals surface area (Å²) < 4.78 is 1.04. The fourth-order valence-corrected chi connectivity index (χ4v) is 2.74. The van der Waals surface area contributed by atoms with E-state index in [1.165, 1.54) is 11.3 Å². The summed E-state index contributed by atoms with van der Waals surface area (Å²) in [5.41, 5.74) is 2.00. The highest BCUT2D eigenvalue weighted by molar-refractivity contribution is 9.10. The minimum Gasteiger partial charge on any atom is -0.226 e. The van der Waals surface area contributed by atoms with Crippen molar-refractivity contribution in [3.63, 3.8) is 0 Å². The molecule has 6 heteroatoms. The summed E-state index contributed by atoms with van der Waals surface area (Å²) >= 11 is 10.7. The molecule has 104 valence electrons. The topological polar surface area (TPSA) is 38.1 Å². The first-order valence-electron chi connectivity index (χ1n) is 6.10. The van der Waals surface area contributed by atoms with Crippen molar-refractivity contribution in [2.75, 3.05) is 0 Å². The molecule has 0 radical (unpaired) electrons. The van der Waals surface area contributed by atoms with E-state index in [1.54, 1.807) is 6.21 Å². The maximum absolute atomic E-state index is 5.87. The molecule has 0 amide bonds. The molecule has 0 bridgehead atoms. The Hall–Kier alpha value is -1.56. The summed E-state index contributed by atoms with van der Waals surface area (Å²) in [5, 5.41) is 10.4. The second-order valence-corrected chi connectivity index (χ2v) is 6.51. The maximum Gasteiger partial charge on any atom is 0.231 e. The first kappa shape index (κ1) is 14.4. The van der Waals surface area contributed by atoms with Gasteiger partial charge in [0.1, 0.15) is 5.01 Å². The smallest absolute Gasteiger partial charge is 0.226 e.